The van der Waals surface area contributed by atoms with E-state index >= 15 is 0 Å². The summed E-state index contributed by atoms with van der Waals surface area (Å²) >= 11 is 0. The van der Waals surface area contributed by atoms with Crippen LogP contribution in [0.2, 0.25) is 0 Å². The molecule has 1 N–H and O–H groups in total. The maximum atomic E-state index is 12.3. The van der Waals surface area contributed by atoms with E-state index in [0.717, 1.165) is 43.6 Å². The highest BCUT2D eigenvalue weighted by Gasteiger charge is 2.50. The van der Waals surface area contributed by atoms with E-state index in [0.29, 0.717) is 19.4 Å². The minimum atomic E-state index is -1.17. The van der Waals surface area contributed by atoms with Crippen LogP contribution in [0.5, 0.6) is 0 Å². The molecule has 2 unspecified atom stereocenters. The predicted octanol–water partition coefficient (Wildman–Crippen LogP) is 5.51. The summed E-state index contributed by atoms with van der Waals surface area (Å²) in [6.45, 7) is 8.30. The van der Waals surface area contributed by atoms with E-state index in [1.54, 1.807) is 0 Å². The van der Waals surface area contributed by atoms with Crippen LogP contribution in [0.15, 0.2) is 85.0 Å². The predicted molar refractivity (Wildman–Crippen MR) is 129 cm³/mol. The summed E-state index contributed by atoms with van der Waals surface area (Å²) in [4.78, 5) is 2.44. The Bertz CT molecular complexity index is 829. The summed E-state index contributed by atoms with van der Waals surface area (Å²) in [5, 5.41) is 12.3. The summed E-state index contributed by atoms with van der Waals surface area (Å²) in [5.41, 5.74) is 0.0208. The minimum absolute atomic E-state index is 0.496. The second-order valence-corrected chi connectivity index (χ2v) is 8.35. The average molecular weight is 420 g/mol. The van der Waals surface area contributed by atoms with E-state index in [1.165, 1.54) is 0 Å². The molecular weight excluding hydrogens is 382 g/mol. The number of allylic oxidation sites excluding steroid dienone is 2. The third-order valence-electron chi connectivity index (χ3n) is 6.41. The van der Waals surface area contributed by atoms with E-state index in [9.17, 15) is 5.11 Å². The van der Waals surface area contributed by atoms with Crippen LogP contribution in [-0.4, -0.2) is 41.8 Å². The lowest BCUT2D eigenvalue weighted by molar-refractivity contribution is -0.163. The molecule has 2 aromatic carbocycles. The Kier molecular flexibility index (Phi) is 8.65. The summed E-state index contributed by atoms with van der Waals surface area (Å²) in [5.74, 6) is 0. The van der Waals surface area contributed by atoms with Gasteiger partial charge in [-0.1, -0.05) is 92.7 Å². The van der Waals surface area contributed by atoms with Gasteiger partial charge in [0, 0.05) is 19.4 Å². The number of ether oxygens (including phenoxy) is 1. The first kappa shape index (κ1) is 23.5. The minimum Gasteiger partial charge on any atom is -0.381 e. The summed E-state index contributed by atoms with van der Waals surface area (Å²) < 4.78 is 6.60. The molecule has 0 amide bonds. The lowest BCUT2D eigenvalue weighted by Gasteiger charge is -2.46. The largest absolute Gasteiger partial charge is 0.381 e. The molecule has 0 bridgehead atoms. The molecule has 0 fully saturated rings. The molecule has 166 valence electrons. The van der Waals surface area contributed by atoms with E-state index in [-0.39, 0.29) is 0 Å². The van der Waals surface area contributed by atoms with Crippen molar-refractivity contribution in [3.63, 3.8) is 0 Å². The Morgan fingerprint density at radius 1 is 0.935 bits per heavy atom. The number of nitrogens with zero attached hydrogens (tertiary/aromatic N) is 1. The molecule has 3 rings (SSSR count). The highest BCUT2D eigenvalue weighted by Crippen LogP contribution is 2.44. The molecule has 31 heavy (non-hydrogen) atoms. The van der Waals surface area contributed by atoms with Gasteiger partial charge in [0.2, 0.25) is 0 Å². The summed E-state index contributed by atoms with van der Waals surface area (Å²) in [7, 11) is 0. The first-order chi connectivity index (χ1) is 15.1. The van der Waals surface area contributed by atoms with E-state index in [1.807, 2.05) is 60.7 Å². The molecule has 0 radical (unpaired) electrons. The molecule has 0 spiro atoms. The fourth-order valence-corrected chi connectivity index (χ4v) is 4.47. The number of hydrogen-bond acceptors (Lipinski definition) is 3. The van der Waals surface area contributed by atoms with Crippen molar-refractivity contribution in [3.8, 4) is 0 Å². The van der Waals surface area contributed by atoms with Crippen LogP contribution in [0, 0.1) is 0 Å². The fourth-order valence-electron chi connectivity index (χ4n) is 4.47. The second kappa shape index (κ2) is 11.4. The van der Waals surface area contributed by atoms with Gasteiger partial charge < -0.3 is 14.7 Å². The average Bonchev–Trinajstić information content (AvgIpc) is 2.83. The monoisotopic (exact) mass is 419 g/mol. The topological polar surface area (TPSA) is 32.7 Å². The molecule has 0 aliphatic heterocycles. The molecule has 3 nitrogen and oxygen atoms in total. The summed E-state index contributed by atoms with van der Waals surface area (Å²) in [6, 6.07) is 20.2. The van der Waals surface area contributed by atoms with Crippen molar-refractivity contribution in [3.05, 3.63) is 96.1 Å². The maximum absolute atomic E-state index is 12.3. The Morgan fingerprint density at radius 2 is 1.61 bits per heavy atom. The van der Waals surface area contributed by atoms with Crippen LogP contribution in [0.3, 0.4) is 0 Å². The molecule has 1 aliphatic rings. The van der Waals surface area contributed by atoms with Gasteiger partial charge in [-0.15, -0.1) is 0 Å². The number of aliphatic hydroxyl groups is 1. The van der Waals surface area contributed by atoms with Gasteiger partial charge in [-0.2, -0.15) is 0 Å². The third-order valence-corrected chi connectivity index (χ3v) is 6.41. The van der Waals surface area contributed by atoms with Crippen molar-refractivity contribution >= 4 is 0 Å². The van der Waals surface area contributed by atoms with Crippen molar-refractivity contribution in [2.45, 2.75) is 50.7 Å². The molecule has 0 saturated heterocycles. The first-order valence-electron chi connectivity index (χ1n) is 11.7. The lowest BCUT2D eigenvalue weighted by Crippen LogP contribution is -2.54. The third kappa shape index (κ3) is 5.74. The molecule has 0 saturated carbocycles. The van der Waals surface area contributed by atoms with E-state index < -0.39 is 11.2 Å². The number of unbranched alkanes of at least 4 members (excludes halogenated alkanes) is 1. The zero-order chi connectivity index (χ0) is 22.0. The lowest BCUT2D eigenvalue weighted by atomic mass is 9.70. The number of rotatable bonds is 12. The Morgan fingerprint density at radius 3 is 2.23 bits per heavy atom. The molecule has 2 aromatic rings. The van der Waals surface area contributed by atoms with Gasteiger partial charge in [0.15, 0.2) is 0 Å². The normalized spacial score (nSPS) is 20.1. The van der Waals surface area contributed by atoms with Crippen LogP contribution < -0.4 is 0 Å². The van der Waals surface area contributed by atoms with Crippen LogP contribution in [0.1, 0.15) is 44.2 Å². The van der Waals surface area contributed by atoms with Crippen molar-refractivity contribution in [2.24, 2.45) is 0 Å². The van der Waals surface area contributed by atoms with Gasteiger partial charge in [-0.3, -0.25) is 0 Å². The fraction of sp³-hybridized carbons (Fsp3) is 0.429. The van der Waals surface area contributed by atoms with Crippen molar-refractivity contribution < 1.29 is 9.84 Å². The summed E-state index contributed by atoms with van der Waals surface area (Å²) in [6.07, 6.45) is 11.4. The van der Waals surface area contributed by atoms with Crippen molar-refractivity contribution in [1.29, 1.82) is 0 Å². The molecule has 1 aliphatic carbocycles. The molecule has 3 heteroatoms. The number of benzene rings is 2. The highest BCUT2D eigenvalue weighted by molar-refractivity contribution is 5.36. The van der Waals surface area contributed by atoms with Gasteiger partial charge in [0.1, 0.15) is 11.2 Å². The number of hydrogen-bond donors (Lipinski definition) is 1. The smallest absolute Gasteiger partial charge is 0.126 e. The van der Waals surface area contributed by atoms with Crippen molar-refractivity contribution in [2.75, 3.05) is 26.2 Å². The van der Waals surface area contributed by atoms with Gasteiger partial charge in [0.05, 0.1) is 0 Å². The SMILES string of the molecule is CCN(CC)CCCCOC1(C(O)(Cc2ccccc2)c2ccccc2)C=CC=CC1. The highest BCUT2D eigenvalue weighted by atomic mass is 16.5. The quantitative estimate of drug-likeness (QED) is 0.461. The van der Waals surface area contributed by atoms with Crippen LogP contribution in [-0.2, 0) is 16.8 Å². The Labute approximate surface area is 188 Å². The Hall–Kier alpha value is -2.20. The molecule has 0 aromatic heterocycles. The Balaban J connectivity index is 1.83. The molecule has 0 heterocycles. The first-order valence-corrected chi connectivity index (χ1v) is 11.7. The molecule has 2 atom stereocenters. The maximum Gasteiger partial charge on any atom is 0.126 e. The van der Waals surface area contributed by atoms with Crippen molar-refractivity contribution in [1.82, 2.24) is 4.90 Å². The zero-order valence-corrected chi connectivity index (χ0v) is 19.0. The zero-order valence-electron chi connectivity index (χ0n) is 19.0. The van der Waals surface area contributed by atoms with Gasteiger partial charge in [-0.25, -0.2) is 0 Å². The standard InChI is InChI=1S/C28H37NO2/c1-3-29(4-2)22-14-15-23-31-27(20-12-7-13-21-27)28(30,26-18-10-6-11-19-26)24-25-16-8-5-9-17-25/h5-13,16-20,30H,3-4,14-15,21-24H2,1-2H3. The van der Waals surface area contributed by atoms with Gasteiger partial charge in [-0.05, 0) is 49.7 Å². The second-order valence-electron chi connectivity index (χ2n) is 8.35. The van der Waals surface area contributed by atoms with Crippen LogP contribution in [0.4, 0.5) is 0 Å². The van der Waals surface area contributed by atoms with Gasteiger partial charge >= 0.3 is 0 Å². The van der Waals surface area contributed by atoms with E-state index in [4.69, 9.17) is 4.74 Å². The van der Waals surface area contributed by atoms with Gasteiger partial charge in [0.25, 0.3) is 0 Å². The van der Waals surface area contributed by atoms with Crippen LogP contribution >= 0.6 is 0 Å². The van der Waals surface area contributed by atoms with Crippen LogP contribution in [0.25, 0.3) is 0 Å². The molecular formula is C28H37NO2. The van der Waals surface area contributed by atoms with E-state index in [2.05, 4.69) is 43.0 Å².